The molecule has 0 amide bonds. The summed E-state index contributed by atoms with van der Waals surface area (Å²) in [5.41, 5.74) is 1.77. The van der Waals surface area contributed by atoms with Crippen LogP contribution in [0.4, 0.5) is 0 Å². The van der Waals surface area contributed by atoms with Gasteiger partial charge in [0.15, 0.2) is 0 Å². The lowest BCUT2D eigenvalue weighted by Crippen LogP contribution is -2.34. The highest BCUT2D eigenvalue weighted by Crippen LogP contribution is 2.18. The third kappa shape index (κ3) is 4.58. The summed E-state index contributed by atoms with van der Waals surface area (Å²) in [4.78, 5) is 0.389. The van der Waals surface area contributed by atoms with Crippen molar-refractivity contribution in [2.24, 2.45) is 0 Å². The molecule has 4 nitrogen and oxygen atoms in total. The van der Waals surface area contributed by atoms with Crippen molar-refractivity contribution in [3.8, 4) is 0 Å². The molecule has 0 saturated carbocycles. The highest BCUT2D eigenvalue weighted by atomic mass is 32.2. The van der Waals surface area contributed by atoms with Crippen LogP contribution in [0.1, 0.15) is 44.7 Å². The second-order valence-electron chi connectivity index (χ2n) is 5.01. The number of hydrogen-bond acceptors (Lipinski definition) is 3. The number of hydrogen-bond donors (Lipinski definition) is 2. The van der Waals surface area contributed by atoms with Crippen molar-refractivity contribution in [2.45, 2.75) is 58.0 Å². The van der Waals surface area contributed by atoms with Crippen molar-refractivity contribution in [3.63, 3.8) is 0 Å². The first kappa shape index (κ1) is 17.1. The molecular formula is C15H26N2O2S. The molecule has 5 heteroatoms. The lowest BCUT2D eigenvalue weighted by molar-refractivity contribution is 0.529. The minimum Gasteiger partial charge on any atom is -0.313 e. The third-order valence-electron chi connectivity index (χ3n) is 3.43. The van der Waals surface area contributed by atoms with Crippen LogP contribution in [-0.2, 0) is 16.6 Å². The number of sulfonamides is 1. The molecule has 2 N–H and O–H groups in total. The molecule has 1 aromatic carbocycles. The Hall–Kier alpha value is -0.910. The maximum Gasteiger partial charge on any atom is 0.241 e. The first-order valence-electron chi connectivity index (χ1n) is 7.27. The van der Waals surface area contributed by atoms with Crippen molar-refractivity contribution in [2.75, 3.05) is 6.54 Å². The Balaban J connectivity index is 3.03. The Morgan fingerprint density at radius 3 is 2.35 bits per heavy atom. The first-order chi connectivity index (χ1) is 9.44. The summed E-state index contributed by atoms with van der Waals surface area (Å²) in [6.07, 6.45) is 1.59. The van der Waals surface area contributed by atoms with Gasteiger partial charge in [0.1, 0.15) is 0 Å². The Bertz CT molecular complexity index is 523. The van der Waals surface area contributed by atoms with Crippen LogP contribution in [0, 0.1) is 6.92 Å². The normalized spacial score (nSPS) is 12.1. The van der Waals surface area contributed by atoms with Gasteiger partial charge >= 0.3 is 0 Å². The summed E-state index contributed by atoms with van der Waals surface area (Å²) in [7, 11) is -3.44. The SMILES string of the molecule is CCNCc1ccc(C)c(S(=O)(=O)NC(CC)CC)c1. The molecule has 114 valence electrons. The quantitative estimate of drug-likeness (QED) is 0.775. The molecule has 20 heavy (non-hydrogen) atoms. The smallest absolute Gasteiger partial charge is 0.241 e. The Labute approximate surface area is 123 Å². The lowest BCUT2D eigenvalue weighted by atomic mass is 10.1. The molecule has 0 spiro atoms. The van der Waals surface area contributed by atoms with Crippen LogP contribution in [0.5, 0.6) is 0 Å². The predicted molar refractivity (Wildman–Crippen MR) is 83.3 cm³/mol. The van der Waals surface area contributed by atoms with Gasteiger partial charge in [-0.25, -0.2) is 13.1 Å². The minimum absolute atomic E-state index is 0.00294. The predicted octanol–water partition coefficient (Wildman–Crippen LogP) is 2.57. The van der Waals surface area contributed by atoms with Crippen LogP contribution < -0.4 is 10.0 Å². The molecule has 0 heterocycles. The van der Waals surface area contributed by atoms with Crippen LogP contribution in [0.25, 0.3) is 0 Å². The molecule has 0 bridgehead atoms. The molecule has 1 rings (SSSR count). The molecule has 0 aliphatic rings. The van der Waals surface area contributed by atoms with E-state index in [0.29, 0.717) is 11.4 Å². The van der Waals surface area contributed by atoms with E-state index < -0.39 is 10.0 Å². The fourth-order valence-electron chi connectivity index (χ4n) is 2.05. The monoisotopic (exact) mass is 298 g/mol. The van der Waals surface area contributed by atoms with Crippen LogP contribution in [0.15, 0.2) is 23.1 Å². The van der Waals surface area contributed by atoms with Crippen LogP contribution in [0.3, 0.4) is 0 Å². The number of benzene rings is 1. The summed E-state index contributed by atoms with van der Waals surface area (Å²) >= 11 is 0. The highest BCUT2D eigenvalue weighted by Gasteiger charge is 2.20. The van der Waals surface area contributed by atoms with Crippen molar-refractivity contribution >= 4 is 10.0 Å². The first-order valence-corrected chi connectivity index (χ1v) is 8.75. The van der Waals surface area contributed by atoms with Crippen LogP contribution >= 0.6 is 0 Å². The Kier molecular flexibility index (Phi) is 6.65. The van der Waals surface area contributed by atoms with Gasteiger partial charge in [-0.1, -0.05) is 32.9 Å². The van der Waals surface area contributed by atoms with Gasteiger partial charge in [0.25, 0.3) is 0 Å². The van der Waals surface area contributed by atoms with E-state index in [1.54, 1.807) is 6.07 Å². The van der Waals surface area contributed by atoms with Gasteiger partial charge in [-0.05, 0) is 43.5 Å². The summed E-state index contributed by atoms with van der Waals surface area (Å²) in [5.74, 6) is 0. The Morgan fingerprint density at radius 2 is 1.80 bits per heavy atom. The standard InChI is InChI=1S/C15H26N2O2S/c1-5-14(6-2)17-20(18,19)15-10-13(11-16-7-3)9-8-12(15)4/h8-10,14,16-17H,5-7,11H2,1-4H3. The van der Waals surface area contributed by atoms with Gasteiger partial charge < -0.3 is 5.32 Å². The molecule has 0 unspecified atom stereocenters. The van der Waals surface area contributed by atoms with Gasteiger partial charge in [0.2, 0.25) is 10.0 Å². The fraction of sp³-hybridized carbons (Fsp3) is 0.600. The van der Waals surface area contributed by atoms with Crippen LogP contribution in [0.2, 0.25) is 0 Å². The maximum atomic E-state index is 12.5. The van der Waals surface area contributed by atoms with Crippen molar-refractivity contribution in [3.05, 3.63) is 29.3 Å². The molecule has 0 atom stereocenters. The van der Waals surface area contributed by atoms with Gasteiger partial charge in [0, 0.05) is 12.6 Å². The minimum atomic E-state index is -3.44. The van der Waals surface area contributed by atoms with E-state index in [2.05, 4.69) is 10.0 Å². The van der Waals surface area contributed by atoms with E-state index in [1.165, 1.54) is 0 Å². The Morgan fingerprint density at radius 1 is 1.15 bits per heavy atom. The third-order valence-corrected chi connectivity index (χ3v) is 5.09. The van der Waals surface area contributed by atoms with E-state index in [-0.39, 0.29) is 6.04 Å². The summed E-state index contributed by atoms with van der Waals surface area (Å²) in [6.45, 7) is 9.39. The molecule has 0 aliphatic heterocycles. The molecule has 0 aromatic heterocycles. The second-order valence-corrected chi connectivity index (χ2v) is 6.70. The zero-order valence-electron chi connectivity index (χ0n) is 12.9. The van der Waals surface area contributed by atoms with Crippen molar-refractivity contribution in [1.82, 2.24) is 10.0 Å². The fourth-order valence-corrected chi connectivity index (χ4v) is 3.75. The van der Waals surface area contributed by atoms with Gasteiger partial charge in [-0.15, -0.1) is 0 Å². The number of rotatable bonds is 8. The highest BCUT2D eigenvalue weighted by molar-refractivity contribution is 7.89. The zero-order valence-corrected chi connectivity index (χ0v) is 13.7. The van der Waals surface area contributed by atoms with E-state index >= 15 is 0 Å². The van der Waals surface area contributed by atoms with Gasteiger partial charge in [0.05, 0.1) is 4.90 Å². The van der Waals surface area contributed by atoms with E-state index in [0.717, 1.165) is 30.5 Å². The molecule has 0 aliphatic carbocycles. The maximum absolute atomic E-state index is 12.5. The topological polar surface area (TPSA) is 58.2 Å². The molecule has 0 radical (unpaired) electrons. The van der Waals surface area contributed by atoms with Crippen molar-refractivity contribution in [1.29, 1.82) is 0 Å². The molecular weight excluding hydrogens is 272 g/mol. The second kappa shape index (κ2) is 7.76. The largest absolute Gasteiger partial charge is 0.313 e. The van der Waals surface area contributed by atoms with Gasteiger partial charge in [-0.2, -0.15) is 0 Å². The lowest BCUT2D eigenvalue weighted by Gasteiger charge is -2.17. The molecule has 0 fully saturated rings. The molecule has 0 saturated heterocycles. The zero-order chi connectivity index (χ0) is 15.2. The van der Waals surface area contributed by atoms with Crippen molar-refractivity contribution < 1.29 is 8.42 Å². The average molecular weight is 298 g/mol. The van der Waals surface area contributed by atoms with E-state index in [4.69, 9.17) is 0 Å². The van der Waals surface area contributed by atoms with Gasteiger partial charge in [-0.3, -0.25) is 0 Å². The van der Waals surface area contributed by atoms with E-state index in [9.17, 15) is 8.42 Å². The molecule has 1 aromatic rings. The average Bonchev–Trinajstić information content (AvgIpc) is 2.43. The number of aryl methyl sites for hydroxylation is 1. The summed E-state index contributed by atoms with van der Waals surface area (Å²) in [5, 5.41) is 3.21. The number of nitrogens with one attached hydrogen (secondary N) is 2. The van der Waals surface area contributed by atoms with E-state index in [1.807, 2.05) is 39.8 Å². The van der Waals surface area contributed by atoms with Crippen LogP contribution in [-0.4, -0.2) is 21.0 Å². The summed E-state index contributed by atoms with van der Waals surface area (Å²) < 4.78 is 27.7. The summed E-state index contributed by atoms with van der Waals surface area (Å²) in [6, 6.07) is 5.60.